The van der Waals surface area contributed by atoms with Gasteiger partial charge >= 0.3 is 6.03 Å². The molecule has 10 nitrogen and oxygen atoms in total. The Bertz CT molecular complexity index is 900. The van der Waals surface area contributed by atoms with Crippen LogP contribution in [0.3, 0.4) is 0 Å². The Labute approximate surface area is 160 Å². The van der Waals surface area contributed by atoms with Gasteiger partial charge in [-0.25, -0.2) is 4.79 Å². The van der Waals surface area contributed by atoms with Crippen LogP contribution in [-0.2, 0) is 20.7 Å². The Morgan fingerprint density at radius 2 is 2.07 bits per heavy atom. The number of hydrogen-bond acceptors (Lipinski definition) is 7. The van der Waals surface area contributed by atoms with Crippen molar-refractivity contribution in [3.8, 4) is 0 Å². The number of urea groups is 1. The third kappa shape index (κ3) is 2.40. The van der Waals surface area contributed by atoms with E-state index in [1.165, 1.54) is 12.1 Å². The van der Waals surface area contributed by atoms with Gasteiger partial charge in [0.1, 0.15) is 0 Å². The van der Waals surface area contributed by atoms with Crippen molar-refractivity contribution in [1.82, 2.24) is 10.2 Å². The summed E-state index contributed by atoms with van der Waals surface area (Å²) in [6.45, 7) is 4.38. The average molecular weight is 388 g/mol. The predicted molar refractivity (Wildman–Crippen MR) is 96.7 cm³/mol. The molecule has 10 heteroatoms. The smallest absolute Gasteiger partial charge is 0.331 e. The number of carbonyl (C=O) groups excluding carboxylic acids is 3. The van der Waals surface area contributed by atoms with Crippen LogP contribution in [0.15, 0.2) is 18.2 Å². The molecule has 1 N–H and O–H groups in total. The SMILES string of the molecule is CC(C)N1C(=O)NC(=O)[C@]2(Cc3cc([N+](=O)[O-])ccc3N3CCOC[C@@H]32)C1=O. The van der Waals surface area contributed by atoms with E-state index in [0.717, 1.165) is 10.6 Å². The number of ether oxygens (including phenoxy) is 1. The minimum atomic E-state index is -1.58. The number of nitrogens with zero attached hydrogens (tertiary/aromatic N) is 3. The monoisotopic (exact) mass is 388 g/mol. The number of anilines is 1. The van der Waals surface area contributed by atoms with Gasteiger partial charge in [0.2, 0.25) is 11.8 Å². The Balaban J connectivity index is 1.89. The number of carbonyl (C=O) groups is 3. The fourth-order valence-electron chi connectivity index (χ4n) is 4.42. The molecule has 4 amide bonds. The molecule has 28 heavy (non-hydrogen) atoms. The van der Waals surface area contributed by atoms with Crippen molar-refractivity contribution in [1.29, 1.82) is 0 Å². The highest BCUT2D eigenvalue weighted by atomic mass is 16.6. The van der Waals surface area contributed by atoms with Gasteiger partial charge in [-0.2, -0.15) is 0 Å². The highest BCUT2D eigenvalue weighted by molar-refractivity contribution is 6.20. The number of fused-ring (bicyclic) bond motifs is 4. The van der Waals surface area contributed by atoms with Gasteiger partial charge in [-0.1, -0.05) is 0 Å². The van der Waals surface area contributed by atoms with E-state index in [4.69, 9.17) is 4.74 Å². The summed E-state index contributed by atoms with van der Waals surface area (Å²) < 4.78 is 5.58. The first-order chi connectivity index (χ1) is 13.3. The number of barbiturate groups is 1. The summed E-state index contributed by atoms with van der Waals surface area (Å²) >= 11 is 0. The summed E-state index contributed by atoms with van der Waals surface area (Å²) in [6, 6.07) is 2.67. The zero-order chi connectivity index (χ0) is 20.2. The first kappa shape index (κ1) is 18.4. The number of non-ortho nitro benzene ring substituents is 1. The first-order valence-corrected chi connectivity index (χ1v) is 9.08. The van der Waals surface area contributed by atoms with E-state index >= 15 is 0 Å². The van der Waals surface area contributed by atoms with E-state index < -0.39 is 40.3 Å². The minimum absolute atomic E-state index is 0.0320. The second kappa shape index (κ2) is 6.26. The molecular formula is C18H20N4O6. The van der Waals surface area contributed by atoms with Crippen molar-refractivity contribution in [2.24, 2.45) is 5.41 Å². The van der Waals surface area contributed by atoms with E-state index in [-0.39, 0.29) is 18.7 Å². The molecule has 0 aromatic heterocycles. The van der Waals surface area contributed by atoms with Gasteiger partial charge in [0.05, 0.1) is 24.2 Å². The molecular weight excluding hydrogens is 368 g/mol. The Morgan fingerprint density at radius 1 is 1.32 bits per heavy atom. The van der Waals surface area contributed by atoms with E-state index in [1.807, 2.05) is 4.90 Å². The zero-order valence-corrected chi connectivity index (χ0v) is 15.5. The van der Waals surface area contributed by atoms with Crippen molar-refractivity contribution in [2.45, 2.75) is 32.4 Å². The molecule has 0 saturated carbocycles. The van der Waals surface area contributed by atoms with Crippen LogP contribution in [0.5, 0.6) is 0 Å². The topological polar surface area (TPSA) is 122 Å². The molecule has 0 radical (unpaired) electrons. The largest absolute Gasteiger partial charge is 0.377 e. The molecule has 1 spiro atoms. The van der Waals surface area contributed by atoms with Gasteiger partial charge in [0.15, 0.2) is 5.41 Å². The predicted octanol–water partition coefficient (Wildman–Crippen LogP) is 0.829. The summed E-state index contributed by atoms with van der Waals surface area (Å²) in [4.78, 5) is 52.5. The number of imide groups is 2. The fourth-order valence-corrected chi connectivity index (χ4v) is 4.42. The second-order valence-electron chi connectivity index (χ2n) is 7.53. The lowest BCUT2D eigenvalue weighted by Gasteiger charge is -2.53. The molecule has 0 unspecified atom stereocenters. The quantitative estimate of drug-likeness (QED) is 0.452. The highest BCUT2D eigenvalue weighted by Crippen LogP contribution is 2.46. The first-order valence-electron chi connectivity index (χ1n) is 9.08. The third-order valence-electron chi connectivity index (χ3n) is 5.71. The standard InChI is InChI=1S/C18H20N4O6/c1-10(2)21-16(24)18(15(23)19-17(21)25)8-11-7-12(22(26)27)3-4-13(11)20-5-6-28-9-14(18)20/h3-4,7,10,14H,5-6,8-9H2,1-2H3,(H,19,23,25)/t14-,18-/m1/s1. The molecule has 148 valence electrons. The summed E-state index contributed by atoms with van der Waals surface area (Å²) in [6.07, 6.45) is -0.0320. The van der Waals surface area contributed by atoms with Crippen molar-refractivity contribution in [3.05, 3.63) is 33.9 Å². The molecule has 2 fully saturated rings. The number of nitro benzene ring substituents is 1. The lowest BCUT2D eigenvalue weighted by Crippen LogP contribution is -2.74. The summed E-state index contributed by atoms with van der Waals surface area (Å²) in [5.41, 5.74) is -0.408. The van der Waals surface area contributed by atoms with Gasteiger partial charge in [-0.05, 0) is 25.5 Å². The van der Waals surface area contributed by atoms with Crippen molar-refractivity contribution in [2.75, 3.05) is 24.7 Å². The number of morpholine rings is 1. The number of nitro groups is 1. The van der Waals surface area contributed by atoms with E-state index in [1.54, 1.807) is 19.9 Å². The van der Waals surface area contributed by atoms with E-state index in [9.17, 15) is 24.5 Å². The Kier molecular flexibility index (Phi) is 4.11. The summed E-state index contributed by atoms with van der Waals surface area (Å²) in [7, 11) is 0. The van der Waals surface area contributed by atoms with Crippen LogP contribution in [0.2, 0.25) is 0 Å². The molecule has 1 aromatic rings. The second-order valence-corrected chi connectivity index (χ2v) is 7.53. The molecule has 3 heterocycles. The van der Waals surface area contributed by atoms with Gasteiger partial charge in [-0.3, -0.25) is 29.9 Å². The van der Waals surface area contributed by atoms with E-state index in [0.29, 0.717) is 18.7 Å². The lowest BCUT2D eigenvalue weighted by atomic mass is 9.68. The van der Waals surface area contributed by atoms with Crippen molar-refractivity contribution >= 4 is 29.2 Å². The van der Waals surface area contributed by atoms with Crippen LogP contribution in [-0.4, -0.2) is 59.5 Å². The van der Waals surface area contributed by atoms with Crippen LogP contribution in [0, 0.1) is 15.5 Å². The molecule has 0 aliphatic carbocycles. The number of rotatable bonds is 2. The minimum Gasteiger partial charge on any atom is -0.377 e. The number of hydrogen-bond donors (Lipinski definition) is 1. The van der Waals surface area contributed by atoms with E-state index in [2.05, 4.69) is 5.32 Å². The number of benzene rings is 1. The fraction of sp³-hybridized carbons (Fsp3) is 0.500. The zero-order valence-electron chi connectivity index (χ0n) is 15.5. The molecule has 0 bridgehead atoms. The molecule has 3 aliphatic rings. The van der Waals surface area contributed by atoms with Gasteiger partial charge in [0.25, 0.3) is 5.69 Å². The van der Waals surface area contributed by atoms with Crippen LogP contribution in [0.1, 0.15) is 19.4 Å². The molecule has 2 saturated heterocycles. The maximum atomic E-state index is 13.5. The van der Waals surface area contributed by atoms with Gasteiger partial charge < -0.3 is 9.64 Å². The van der Waals surface area contributed by atoms with Crippen LogP contribution >= 0.6 is 0 Å². The molecule has 3 aliphatic heterocycles. The average Bonchev–Trinajstić information content (AvgIpc) is 2.65. The Hall–Kier alpha value is -3.01. The van der Waals surface area contributed by atoms with Crippen LogP contribution in [0.4, 0.5) is 16.2 Å². The normalized spacial score (nSPS) is 27.0. The van der Waals surface area contributed by atoms with Crippen LogP contribution < -0.4 is 10.2 Å². The summed E-state index contributed by atoms with van der Waals surface area (Å²) in [5.74, 6) is -1.27. The molecule has 2 atom stereocenters. The Morgan fingerprint density at radius 3 is 2.75 bits per heavy atom. The highest BCUT2D eigenvalue weighted by Gasteiger charge is 2.63. The summed E-state index contributed by atoms with van der Waals surface area (Å²) in [5, 5.41) is 13.5. The van der Waals surface area contributed by atoms with Crippen LogP contribution in [0.25, 0.3) is 0 Å². The molecule has 4 rings (SSSR count). The van der Waals surface area contributed by atoms with Gasteiger partial charge in [0, 0.05) is 36.8 Å². The number of nitrogens with one attached hydrogen (secondary N) is 1. The number of amides is 4. The maximum absolute atomic E-state index is 13.5. The van der Waals surface area contributed by atoms with Crippen molar-refractivity contribution in [3.63, 3.8) is 0 Å². The molecule has 1 aromatic carbocycles. The maximum Gasteiger partial charge on any atom is 0.331 e. The van der Waals surface area contributed by atoms with Crippen molar-refractivity contribution < 1.29 is 24.0 Å². The van der Waals surface area contributed by atoms with Gasteiger partial charge in [-0.15, -0.1) is 0 Å². The third-order valence-corrected chi connectivity index (χ3v) is 5.71. The lowest BCUT2D eigenvalue weighted by molar-refractivity contribution is -0.384.